The van der Waals surface area contributed by atoms with Crippen molar-refractivity contribution >= 4 is 34.4 Å². The topological polar surface area (TPSA) is 122 Å². The van der Waals surface area contributed by atoms with E-state index in [1.54, 1.807) is 35.3 Å². The van der Waals surface area contributed by atoms with Gasteiger partial charge in [-0.2, -0.15) is 4.98 Å². The molecular weight excluding hydrogens is 519 g/mol. The molecule has 1 amide bonds. The Balaban J connectivity index is 1.33. The number of pyridine rings is 1. The van der Waals surface area contributed by atoms with Gasteiger partial charge in [-0.15, -0.1) is 0 Å². The number of fused-ring (bicyclic) bond motifs is 1. The van der Waals surface area contributed by atoms with Crippen molar-refractivity contribution in [3.63, 3.8) is 0 Å². The van der Waals surface area contributed by atoms with Crippen LogP contribution in [0.3, 0.4) is 0 Å². The summed E-state index contributed by atoms with van der Waals surface area (Å²) in [5.74, 6) is 2.51. The largest absolute Gasteiger partial charge is 0.491 e. The molecule has 5 rings (SSSR count). The molecule has 2 fully saturated rings. The highest BCUT2D eigenvalue weighted by molar-refractivity contribution is 5.92. The first kappa shape index (κ1) is 27.8. The maximum Gasteiger partial charge on any atom is 0.410 e. The van der Waals surface area contributed by atoms with Gasteiger partial charge in [0.25, 0.3) is 0 Å². The van der Waals surface area contributed by atoms with Gasteiger partial charge in [-0.05, 0) is 41.5 Å². The van der Waals surface area contributed by atoms with Crippen molar-refractivity contribution in [2.75, 3.05) is 56.8 Å². The summed E-state index contributed by atoms with van der Waals surface area (Å²) in [6.45, 7) is 5.53. The van der Waals surface area contributed by atoms with Crippen LogP contribution in [0.5, 0.6) is 5.75 Å². The Hall–Kier alpha value is -3.77. The summed E-state index contributed by atoms with van der Waals surface area (Å²) in [5, 5.41) is 14.1. The minimum atomic E-state index is -1.20. The van der Waals surface area contributed by atoms with E-state index in [0.717, 1.165) is 16.3 Å². The van der Waals surface area contributed by atoms with Crippen LogP contribution in [0.25, 0.3) is 10.8 Å². The first-order chi connectivity index (χ1) is 19.3. The Morgan fingerprint density at radius 2 is 2.08 bits per heavy atom. The van der Waals surface area contributed by atoms with Gasteiger partial charge in [-0.25, -0.2) is 19.2 Å². The molecule has 40 heavy (non-hydrogen) atoms. The third-order valence-electron chi connectivity index (χ3n) is 7.27. The van der Waals surface area contributed by atoms with Crippen LogP contribution in [0.2, 0.25) is 0 Å². The van der Waals surface area contributed by atoms with Crippen LogP contribution in [0, 0.1) is 0 Å². The van der Waals surface area contributed by atoms with Gasteiger partial charge in [-0.1, -0.05) is 19.9 Å². The van der Waals surface area contributed by atoms with Gasteiger partial charge >= 0.3 is 6.09 Å². The molecule has 0 bridgehead atoms. The fourth-order valence-corrected chi connectivity index (χ4v) is 4.97. The van der Waals surface area contributed by atoms with E-state index in [0.29, 0.717) is 49.5 Å². The number of anilines is 3. The van der Waals surface area contributed by atoms with Crippen LogP contribution in [0.15, 0.2) is 36.7 Å². The molecule has 214 valence electrons. The van der Waals surface area contributed by atoms with Crippen molar-refractivity contribution in [3.05, 3.63) is 42.2 Å². The summed E-state index contributed by atoms with van der Waals surface area (Å²) in [7, 11) is 1.70. The zero-order valence-electron chi connectivity index (χ0n) is 22.9. The van der Waals surface area contributed by atoms with Gasteiger partial charge in [0, 0.05) is 31.4 Å². The van der Waals surface area contributed by atoms with Crippen LogP contribution in [-0.2, 0) is 9.47 Å². The van der Waals surface area contributed by atoms with E-state index in [4.69, 9.17) is 19.3 Å². The lowest BCUT2D eigenvalue weighted by atomic mass is 9.96. The molecular formula is C28H35FN6O5. The van der Waals surface area contributed by atoms with Crippen molar-refractivity contribution in [2.45, 2.75) is 44.5 Å². The van der Waals surface area contributed by atoms with Crippen LogP contribution in [0.4, 0.5) is 26.8 Å². The number of amides is 1. The highest BCUT2D eigenvalue weighted by atomic mass is 19.1. The Kier molecular flexibility index (Phi) is 8.46. The van der Waals surface area contributed by atoms with Gasteiger partial charge < -0.3 is 34.4 Å². The molecule has 0 saturated carbocycles. The summed E-state index contributed by atoms with van der Waals surface area (Å²) in [5.41, 5.74) is 1.15. The van der Waals surface area contributed by atoms with Crippen LogP contribution in [-0.4, -0.2) is 95.9 Å². The van der Waals surface area contributed by atoms with Crippen LogP contribution >= 0.6 is 0 Å². The van der Waals surface area contributed by atoms with Crippen LogP contribution in [0.1, 0.15) is 31.7 Å². The fraction of sp³-hybridized carbons (Fsp3) is 0.500. The summed E-state index contributed by atoms with van der Waals surface area (Å²) < 4.78 is 31.3. The molecule has 2 aliphatic rings. The number of piperidine rings is 1. The second-order valence-electron chi connectivity index (χ2n) is 10.3. The van der Waals surface area contributed by atoms with Crippen molar-refractivity contribution in [3.8, 4) is 5.75 Å². The van der Waals surface area contributed by atoms with E-state index in [-0.39, 0.29) is 37.8 Å². The molecule has 0 unspecified atom stereocenters. The number of benzene rings is 1. The number of nitrogens with one attached hydrogen (secondary N) is 1. The quantitative estimate of drug-likeness (QED) is 0.384. The van der Waals surface area contributed by atoms with E-state index >= 15 is 0 Å². The van der Waals surface area contributed by atoms with Gasteiger partial charge in [0.1, 0.15) is 42.8 Å². The number of carbonyl (C=O) groups is 1. The lowest BCUT2D eigenvalue weighted by molar-refractivity contribution is -0.0262. The van der Waals surface area contributed by atoms with Crippen molar-refractivity contribution in [1.29, 1.82) is 0 Å². The number of rotatable bonds is 10. The molecule has 3 atom stereocenters. The van der Waals surface area contributed by atoms with E-state index in [1.165, 1.54) is 0 Å². The molecule has 11 nitrogen and oxygen atoms in total. The second-order valence-corrected chi connectivity index (χ2v) is 10.3. The summed E-state index contributed by atoms with van der Waals surface area (Å²) in [6.07, 6.45) is 1.80. The standard InChI is InChI=1S/C28H35FN6O5/c1-17(2)19-4-5-23(39-15-18-16-40-28(37)34(18)3)21-13-31-26(12-20(19)21)32-25-6-8-30-27(33-25)35-9-7-24(22(29)14-35)38-11-10-36/h4-6,8,12-13,17-18,22,24,36H,7,9-11,14-16H2,1-3H3,(H,30,31,32,33)/t18-,22+,24-/m1/s1. The number of cyclic esters (lactones) is 1. The number of hydrogen-bond donors (Lipinski definition) is 2. The van der Waals surface area contributed by atoms with Crippen molar-refractivity contribution in [1.82, 2.24) is 19.9 Å². The number of aromatic nitrogens is 3. The predicted octanol–water partition coefficient (Wildman–Crippen LogP) is 3.65. The molecule has 1 aromatic carbocycles. The Labute approximate surface area is 232 Å². The number of aliphatic hydroxyl groups excluding tert-OH is 1. The summed E-state index contributed by atoms with van der Waals surface area (Å²) >= 11 is 0. The molecule has 2 aromatic heterocycles. The number of hydrogen-bond acceptors (Lipinski definition) is 10. The monoisotopic (exact) mass is 554 g/mol. The van der Waals surface area contributed by atoms with Gasteiger partial charge in [0.2, 0.25) is 5.95 Å². The SMILES string of the molecule is CC(C)c1ccc(OC[C@@H]2COC(=O)N2C)c2cnc(Nc3ccnc(N4CC[C@@H](OCCO)[C@@H](F)C4)n3)cc12. The number of nitrogens with zero attached hydrogens (tertiary/aromatic N) is 5. The average Bonchev–Trinajstić information content (AvgIpc) is 3.27. The molecule has 2 aliphatic heterocycles. The van der Waals surface area contributed by atoms with E-state index in [1.807, 2.05) is 12.1 Å². The maximum atomic E-state index is 14.7. The minimum Gasteiger partial charge on any atom is -0.491 e. The van der Waals surface area contributed by atoms with Crippen molar-refractivity contribution in [2.24, 2.45) is 0 Å². The number of alkyl halides is 1. The molecule has 12 heteroatoms. The predicted molar refractivity (Wildman–Crippen MR) is 148 cm³/mol. The molecule has 0 radical (unpaired) electrons. The third-order valence-corrected chi connectivity index (χ3v) is 7.27. The molecule has 3 aromatic rings. The summed E-state index contributed by atoms with van der Waals surface area (Å²) in [4.78, 5) is 28.6. The first-order valence-electron chi connectivity index (χ1n) is 13.5. The molecule has 4 heterocycles. The van der Waals surface area contributed by atoms with E-state index in [9.17, 15) is 9.18 Å². The van der Waals surface area contributed by atoms with Crippen LogP contribution < -0.4 is 15.0 Å². The number of ether oxygens (including phenoxy) is 3. The molecule has 2 saturated heterocycles. The number of carbonyl (C=O) groups excluding carboxylic acids is 1. The smallest absolute Gasteiger partial charge is 0.410 e. The highest BCUT2D eigenvalue weighted by Gasteiger charge is 2.32. The lowest BCUT2D eigenvalue weighted by Gasteiger charge is -2.34. The molecule has 0 aliphatic carbocycles. The number of halogens is 1. The zero-order chi connectivity index (χ0) is 28.2. The summed E-state index contributed by atoms with van der Waals surface area (Å²) in [6, 6.07) is 7.55. The Morgan fingerprint density at radius 1 is 1.23 bits per heavy atom. The Bertz CT molecular complexity index is 1340. The third kappa shape index (κ3) is 6.02. The highest BCUT2D eigenvalue weighted by Crippen LogP contribution is 2.34. The minimum absolute atomic E-state index is 0.116. The number of aliphatic hydroxyl groups is 1. The first-order valence-corrected chi connectivity index (χ1v) is 13.5. The molecule has 2 N–H and O–H groups in total. The normalized spacial score (nSPS) is 21.2. The van der Waals surface area contributed by atoms with Crippen molar-refractivity contribution < 1.29 is 28.5 Å². The van der Waals surface area contributed by atoms with E-state index < -0.39 is 12.3 Å². The maximum absolute atomic E-state index is 14.7. The van der Waals surface area contributed by atoms with Gasteiger partial charge in [0.15, 0.2) is 0 Å². The number of likely N-dealkylation sites (N-methyl/N-ethyl adjacent to an activating group) is 1. The zero-order valence-corrected chi connectivity index (χ0v) is 22.9. The van der Waals surface area contributed by atoms with Gasteiger partial charge in [-0.3, -0.25) is 0 Å². The second kappa shape index (κ2) is 12.2. The van der Waals surface area contributed by atoms with E-state index in [2.05, 4.69) is 40.2 Å². The molecule has 0 spiro atoms. The lowest BCUT2D eigenvalue weighted by Crippen LogP contribution is -2.46. The average molecular weight is 555 g/mol. The Morgan fingerprint density at radius 3 is 2.80 bits per heavy atom. The fourth-order valence-electron chi connectivity index (χ4n) is 4.97. The van der Waals surface area contributed by atoms with Gasteiger partial charge in [0.05, 0.1) is 25.9 Å².